The first-order valence-corrected chi connectivity index (χ1v) is 8.96. The first-order chi connectivity index (χ1) is 12.7. The summed E-state index contributed by atoms with van der Waals surface area (Å²) in [5, 5.41) is 12.8. The minimum absolute atomic E-state index is 0.0264. The van der Waals surface area contributed by atoms with Gasteiger partial charge in [0.15, 0.2) is 11.5 Å². The van der Waals surface area contributed by atoms with Crippen molar-refractivity contribution in [2.24, 2.45) is 5.92 Å². The summed E-state index contributed by atoms with van der Waals surface area (Å²) in [6.07, 6.45) is 5.41. The number of fused-ring (bicyclic) bond motifs is 1. The van der Waals surface area contributed by atoms with E-state index in [4.69, 9.17) is 9.47 Å². The van der Waals surface area contributed by atoms with E-state index in [-0.39, 0.29) is 24.0 Å². The van der Waals surface area contributed by atoms with Gasteiger partial charge in [-0.15, -0.1) is 0 Å². The van der Waals surface area contributed by atoms with E-state index in [2.05, 4.69) is 10.3 Å². The van der Waals surface area contributed by atoms with Crippen LogP contribution < -0.4 is 14.8 Å². The van der Waals surface area contributed by atoms with Crippen LogP contribution in [-0.4, -0.2) is 41.4 Å². The summed E-state index contributed by atoms with van der Waals surface area (Å²) in [4.78, 5) is 16.8. The van der Waals surface area contributed by atoms with E-state index in [1.54, 1.807) is 30.6 Å². The van der Waals surface area contributed by atoms with Gasteiger partial charge in [-0.05, 0) is 61.1 Å². The summed E-state index contributed by atoms with van der Waals surface area (Å²) < 4.78 is 11.1. The second kappa shape index (κ2) is 7.33. The Kier molecular flexibility index (Phi) is 4.75. The fourth-order valence-corrected chi connectivity index (χ4v) is 3.50. The van der Waals surface area contributed by atoms with Crippen LogP contribution in [0.4, 0.5) is 0 Å². The molecule has 4 rings (SSSR count). The zero-order valence-corrected chi connectivity index (χ0v) is 14.4. The van der Waals surface area contributed by atoms with Gasteiger partial charge in [-0.1, -0.05) is 0 Å². The van der Waals surface area contributed by atoms with Crippen molar-refractivity contribution in [3.63, 3.8) is 0 Å². The number of hydrogen-bond acceptors (Lipinski definition) is 5. The topological polar surface area (TPSA) is 80.7 Å². The van der Waals surface area contributed by atoms with Crippen LogP contribution >= 0.6 is 0 Å². The Hall–Kier alpha value is -2.60. The summed E-state index contributed by atoms with van der Waals surface area (Å²) in [6.45, 7) is 1.01. The van der Waals surface area contributed by atoms with Crippen molar-refractivity contribution in [3.8, 4) is 11.5 Å². The molecular formula is C20H22N2O4. The lowest BCUT2D eigenvalue weighted by Crippen LogP contribution is -2.48. The highest BCUT2D eigenvalue weighted by Crippen LogP contribution is 2.33. The van der Waals surface area contributed by atoms with Crippen molar-refractivity contribution < 1.29 is 19.4 Å². The van der Waals surface area contributed by atoms with Gasteiger partial charge in [-0.3, -0.25) is 9.78 Å². The van der Waals surface area contributed by atoms with E-state index in [9.17, 15) is 9.90 Å². The Bertz CT molecular complexity index is 775. The molecule has 0 saturated heterocycles. The molecule has 1 fully saturated rings. The molecule has 136 valence electrons. The van der Waals surface area contributed by atoms with Gasteiger partial charge in [0.25, 0.3) is 5.91 Å². The number of carbonyl (C=O) groups excluding carboxylic acids is 1. The number of nitrogens with zero attached hydrogens (tertiary/aromatic N) is 1. The summed E-state index contributed by atoms with van der Waals surface area (Å²) >= 11 is 0. The highest BCUT2D eigenvalue weighted by molar-refractivity contribution is 5.95. The van der Waals surface area contributed by atoms with Crippen LogP contribution in [0.2, 0.25) is 0 Å². The fraction of sp³-hybridized carbons (Fsp3) is 0.400. The largest absolute Gasteiger partial charge is 0.486 e. The molecule has 0 bridgehead atoms. The fourth-order valence-electron chi connectivity index (χ4n) is 3.50. The zero-order chi connectivity index (χ0) is 17.9. The molecule has 1 aliphatic heterocycles. The molecule has 0 radical (unpaired) electrons. The van der Waals surface area contributed by atoms with Crippen LogP contribution in [0.3, 0.4) is 0 Å². The first kappa shape index (κ1) is 16.8. The molecule has 1 atom stereocenters. The van der Waals surface area contributed by atoms with Gasteiger partial charge in [0.05, 0.1) is 6.10 Å². The molecule has 6 nitrogen and oxygen atoms in total. The third-order valence-corrected chi connectivity index (χ3v) is 5.04. The number of benzene rings is 1. The number of pyridine rings is 1. The number of nitrogens with one attached hydrogen (secondary N) is 1. The van der Waals surface area contributed by atoms with E-state index >= 15 is 0 Å². The summed E-state index contributed by atoms with van der Waals surface area (Å²) in [5.74, 6) is 1.42. The van der Waals surface area contributed by atoms with Gasteiger partial charge in [0, 0.05) is 24.0 Å². The minimum atomic E-state index is -0.258. The lowest BCUT2D eigenvalue weighted by molar-refractivity contribution is 0.0239. The predicted octanol–water partition coefficient (Wildman–Crippen LogP) is 1.96. The Morgan fingerprint density at radius 2 is 1.88 bits per heavy atom. The number of hydrogen-bond donors (Lipinski definition) is 2. The molecule has 2 heterocycles. The molecule has 1 aromatic heterocycles. The van der Waals surface area contributed by atoms with E-state index in [1.165, 1.54) is 0 Å². The van der Waals surface area contributed by atoms with Crippen molar-refractivity contribution in [2.45, 2.75) is 31.4 Å². The smallest absolute Gasteiger partial charge is 0.251 e. The maximum atomic E-state index is 12.8. The average Bonchev–Trinajstić information content (AvgIpc) is 2.65. The molecule has 1 saturated carbocycles. The van der Waals surface area contributed by atoms with Crippen LogP contribution in [0.15, 0.2) is 42.7 Å². The molecule has 26 heavy (non-hydrogen) atoms. The van der Waals surface area contributed by atoms with Gasteiger partial charge in [-0.25, -0.2) is 0 Å². The molecule has 1 amide bonds. The first-order valence-electron chi connectivity index (χ1n) is 8.96. The Morgan fingerprint density at radius 1 is 1.15 bits per heavy atom. The summed E-state index contributed by atoms with van der Waals surface area (Å²) in [6, 6.07) is 9.14. The molecule has 2 aliphatic rings. The Labute approximate surface area is 152 Å². The van der Waals surface area contributed by atoms with Gasteiger partial charge in [0.2, 0.25) is 0 Å². The molecule has 1 unspecified atom stereocenters. The third kappa shape index (κ3) is 3.65. The minimum Gasteiger partial charge on any atom is -0.486 e. The molecule has 1 aromatic carbocycles. The van der Waals surface area contributed by atoms with E-state index < -0.39 is 0 Å². The Morgan fingerprint density at radius 3 is 2.62 bits per heavy atom. The van der Waals surface area contributed by atoms with Crippen LogP contribution in [0.5, 0.6) is 11.5 Å². The molecule has 2 aromatic rings. The number of ether oxygens (including phenoxy) is 2. The van der Waals surface area contributed by atoms with Gasteiger partial charge >= 0.3 is 0 Å². The number of carbonyl (C=O) groups is 1. The predicted molar refractivity (Wildman–Crippen MR) is 95.4 cm³/mol. The van der Waals surface area contributed by atoms with Crippen molar-refractivity contribution in [1.82, 2.24) is 10.3 Å². The van der Waals surface area contributed by atoms with Crippen molar-refractivity contribution >= 4 is 5.91 Å². The van der Waals surface area contributed by atoms with Gasteiger partial charge < -0.3 is 19.9 Å². The Balaban J connectivity index is 1.48. The molecule has 6 heteroatoms. The highest BCUT2D eigenvalue weighted by Gasteiger charge is 2.35. The summed E-state index contributed by atoms with van der Waals surface area (Å²) in [5.41, 5.74) is 1.67. The number of aromatic nitrogens is 1. The van der Waals surface area contributed by atoms with Crippen LogP contribution in [0, 0.1) is 5.92 Å². The maximum absolute atomic E-state index is 12.8. The van der Waals surface area contributed by atoms with Crippen molar-refractivity contribution in [1.29, 1.82) is 0 Å². The van der Waals surface area contributed by atoms with E-state index in [1.807, 2.05) is 12.1 Å². The van der Waals surface area contributed by atoms with Crippen molar-refractivity contribution in [2.75, 3.05) is 13.2 Å². The van der Waals surface area contributed by atoms with E-state index in [0.29, 0.717) is 30.3 Å². The number of aliphatic hydroxyl groups excluding tert-OH is 1. The average molecular weight is 354 g/mol. The van der Waals surface area contributed by atoms with Crippen LogP contribution in [0.25, 0.3) is 0 Å². The van der Waals surface area contributed by atoms with Crippen molar-refractivity contribution in [3.05, 3.63) is 53.9 Å². The van der Waals surface area contributed by atoms with Gasteiger partial charge in [0.1, 0.15) is 13.2 Å². The number of amides is 1. The monoisotopic (exact) mass is 354 g/mol. The molecular weight excluding hydrogens is 332 g/mol. The second-order valence-corrected chi connectivity index (χ2v) is 6.88. The second-order valence-electron chi connectivity index (χ2n) is 6.88. The highest BCUT2D eigenvalue weighted by atomic mass is 16.6. The maximum Gasteiger partial charge on any atom is 0.251 e. The lowest BCUT2D eigenvalue weighted by Gasteiger charge is -2.38. The quantitative estimate of drug-likeness (QED) is 0.858. The normalized spacial score (nSPS) is 22.2. The summed E-state index contributed by atoms with van der Waals surface area (Å²) in [7, 11) is 0. The molecule has 1 aliphatic carbocycles. The zero-order valence-electron chi connectivity index (χ0n) is 14.4. The van der Waals surface area contributed by atoms with Crippen LogP contribution in [-0.2, 0) is 6.42 Å². The molecule has 0 spiro atoms. The number of aliphatic hydroxyl groups is 1. The lowest BCUT2D eigenvalue weighted by atomic mass is 9.75. The standard InChI is InChI=1S/C20H22N2O4/c23-16-10-15(11-16)17(9-13-3-5-21-6-4-13)22-20(24)14-1-2-18-19(12-14)26-8-7-25-18/h1-6,12,15-17,23H,7-11H2,(H,22,24). The van der Waals surface area contributed by atoms with Gasteiger partial charge in [-0.2, -0.15) is 0 Å². The SMILES string of the molecule is O=C(NC(Cc1ccncc1)C1CC(O)C1)c1ccc2c(c1)OCCO2. The van der Waals surface area contributed by atoms with E-state index in [0.717, 1.165) is 24.8 Å². The van der Waals surface area contributed by atoms with Crippen LogP contribution in [0.1, 0.15) is 28.8 Å². The molecule has 2 N–H and O–H groups in total. The third-order valence-electron chi connectivity index (χ3n) is 5.04. The number of rotatable bonds is 5.